The van der Waals surface area contributed by atoms with Gasteiger partial charge in [-0.25, -0.2) is 4.39 Å². The van der Waals surface area contributed by atoms with E-state index < -0.39 is 11.4 Å². The molecule has 0 bridgehead atoms. The molecular weight excluding hydrogens is 499 g/mol. The van der Waals surface area contributed by atoms with Crippen LogP contribution >= 0.6 is 23.8 Å². The summed E-state index contributed by atoms with van der Waals surface area (Å²) in [5, 5.41) is 20.9. The van der Waals surface area contributed by atoms with E-state index in [0.717, 1.165) is 27.6 Å². The van der Waals surface area contributed by atoms with Gasteiger partial charge in [0.25, 0.3) is 5.56 Å². The van der Waals surface area contributed by atoms with Crippen LogP contribution in [0.3, 0.4) is 0 Å². The van der Waals surface area contributed by atoms with Crippen molar-refractivity contribution in [2.45, 2.75) is 18.6 Å². The molecule has 3 aromatic carbocycles. The molecule has 3 heterocycles. The van der Waals surface area contributed by atoms with E-state index in [1.165, 1.54) is 24.3 Å². The van der Waals surface area contributed by atoms with Crippen LogP contribution < -0.4 is 5.56 Å². The highest BCUT2D eigenvalue weighted by atomic mass is 35.5. The van der Waals surface area contributed by atoms with Gasteiger partial charge in [-0.2, -0.15) is 5.10 Å². The second-order valence-corrected chi connectivity index (χ2v) is 9.79. The molecule has 0 amide bonds. The fraction of sp³-hybridized carbons (Fsp3) is 0.148. The fourth-order valence-electron chi connectivity index (χ4n) is 5.14. The van der Waals surface area contributed by atoms with E-state index >= 15 is 0 Å². The standard InChI is InChI=1S/C27H20ClFN4O2S/c1-32-25(30-31-26(32)36)27(35,17-5-7-20(29)8-6-17)18-11-16-9-10-33-23(34)14-21(22(13-18)24(16)33)15-3-2-4-19(28)12-15/h2-8,11-14,35H,9-10H2,1H3,(H,31,36). The number of hydrogen-bond acceptors (Lipinski definition) is 4. The number of rotatable bonds is 4. The zero-order valence-corrected chi connectivity index (χ0v) is 20.7. The van der Waals surface area contributed by atoms with Gasteiger partial charge < -0.3 is 14.2 Å². The quantitative estimate of drug-likeness (QED) is 0.325. The number of aryl methyl sites for hydroxylation is 2. The second kappa shape index (κ2) is 8.23. The van der Waals surface area contributed by atoms with Crippen LogP contribution in [0.25, 0.3) is 22.0 Å². The first-order valence-electron chi connectivity index (χ1n) is 11.3. The lowest BCUT2D eigenvalue weighted by Gasteiger charge is -2.29. The highest BCUT2D eigenvalue weighted by molar-refractivity contribution is 7.71. The highest BCUT2D eigenvalue weighted by Gasteiger charge is 2.40. The van der Waals surface area contributed by atoms with Crippen molar-refractivity contribution < 1.29 is 9.50 Å². The fourth-order valence-corrected chi connectivity index (χ4v) is 5.47. The van der Waals surface area contributed by atoms with Gasteiger partial charge in [-0.1, -0.05) is 35.9 Å². The van der Waals surface area contributed by atoms with E-state index in [0.29, 0.717) is 33.9 Å². The number of aromatic amines is 1. The van der Waals surface area contributed by atoms with Crippen molar-refractivity contribution in [3.8, 4) is 11.1 Å². The predicted molar refractivity (Wildman–Crippen MR) is 139 cm³/mol. The van der Waals surface area contributed by atoms with Gasteiger partial charge in [-0.15, -0.1) is 0 Å². The van der Waals surface area contributed by atoms with Crippen molar-refractivity contribution >= 4 is 34.7 Å². The van der Waals surface area contributed by atoms with E-state index in [1.807, 2.05) is 30.3 Å². The maximum Gasteiger partial charge on any atom is 0.251 e. The highest BCUT2D eigenvalue weighted by Crippen LogP contribution is 2.41. The predicted octanol–water partition coefficient (Wildman–Crippen LogP) is 5.09. The summed E-state index contributed by atoms with van der Waals surface area (Å²) in [7, 11) is 1.71. The first-order valence-corrected chi connectivity index (χ1v) is 12.1. The Kier molecular flexibility index (Phi) is 5.22. The van der Waals surface area contributed by atoms with E-state index in [9.17, 15) is 14.3 Å². The van der Waals surface area contributed by atoms with Gasteiger partial charge >= 0.3 is 0 Å². The Morgan fingerprint density at radius 2 is 1.89 bits per heavy atom. The van der Waals surface area contributed by atoms with E-state index in [1.54, 1.807) is 28.3 Å². The molecule has 9 heteroatoms. The summed E-state index contributed by atoms with van der Waals surface area (Å²) >= 11 is 11.6. The zero-order valence-electron chi connectivity index (χ0n) is 19.1. The zero-order chi connectivity index (χ0) is 25.2. The average molecular weight is 519 g/mol. The molecule has 0 spiro atoms. The normalized spacial score (nSPS) is 14.3. The molecule has 1 atom stereocenters. The third-order valence-electron chi connectivity index (χ3n) is 6.91. The molecule has 1 aliphatic heterocycles. The first-order chi connectivity index (χ1) is 17.3. The van der Waals surface area contributed by atoms with Crippen LogP contribution in [0.1, 0.15) is 22.5 Å². The SMILES string of the molecule is Cn1c(C(O)(c2ccc(F)cc2)c2cc3c4c(c2)c(-c2cccc(Cl)c2)cc(=O)n4CC3)n[nH]c1=S. The number of hydrogen-bond donors (Lipinski definition) is 2. The molecule has 0 saturated carbocycles. The van der Waals surface area contributed by atoms with Gasteiger partial charge in [0.1, 0.15) is 5.82 Å². The Morgan fingerprint density at radius 1 is 1.11 bits per heavy atom. The number of aliphatic hydroxyl groups is 1. The molecule has 2 N–H and O–H groups in total. The largest absolute Gasteiger partial charge is 0.373 e. The van der Waals surface area contributed by atoms with Crippen LogP contribution in [0.4, 0.5) is 4.39 Å². The van der Waals surface area contributed by atoms with E-state index in [4.69, 9.17) is 23.8 Å². The summed E-state index contributed by atoms with van der Waals surface area (Å²) in [6, 6.07) is 18.4. The molecule has 5 aromatic rings. The van der Waals surface area contributed by atoms with Crippen LogP contribution in [-0.2, 0) is 25.6 Å². The number of pyridine rings is 1. The van der Waals surface area contributed by atoms with Crippen LogP contribution in [-0.4, -0.2) is 24.4 Å². The molecule has 36 heavy (non-hydrogen) atoms. The number of nitrogens with one attached hydrogen (secondary N) is 1. The number of nitrogens with zero attached hydrogens (tertiary/aromatic N) is 3. The summed E-state index contributed by atoms with van der Waals surface area (Å²) < 4.78 is 17.5. The van der Waals surface area contributed by atoms with E-state index in [2.05, 4.69) is 10.2 Å². The van der Waals surface area contributed by atoms with Gasteiger partial charge in [-0.05, 0) is 82.9 Å². The Balaban J connectivity index is 1.71. The van der Waals surface area contributed by atoms with Crippen molar-refractivity contribution in [1.29, 1.82) is 0 Å². The van der Waals surface area contributed by atoms with Crippen LogP contribution in [0.15, 0.2) is 71.5 Å². The Bertz CT molecular complexity index is 1790. The third kappa shape index (κ3) is 3.37. The molecule has 1 unspecified atom stereocenters. The summed E-state index contributed by atoms with van der Waals surface area (Å²) in [4.78, 5) is 13.0. The monoisotopic (exact) mass is 518 g/mol. The van der Waals surface area contributed by atoms with Crippen LogP contribution in [0.2, 0.25) is 5.02 Å². The van der Waals surface area contributed by atoms with Gasteiger partial charge in [0.05, 0.1) is 5.52 Å². The summed E-state index contributed by atoms with van der Waals surface area (Å²) in [5.74, 6) is -0.151. The molecule has 2 aromatic heterocycles. The molecule has 0 fully saturated rings. The maximum absolute atomic E-state index is 13.8. The number of halogens is 2. The topological polar surface area (TPSA) is 75.8 Å². The lowest BCUT2D eigenvalue weighted by Crippen LogP contribution is -2.32. The van der Waals surface area contributed by atoms with Crippen molar-refractivity contribution in [1.82, 2.24) is 19.3 Å². The second-order valence-electron chi connectivity index (χ2n) is 8.97. The van der Waals surface area contributed by atoms with Crippen molar-refractivity contribution in [3.05, 3.63) is 115 Å². The van der Waals surface area contributed by atoms with Crippen molar-refractivity contribution in [2.24, 2.45) is 7.05 Å². The number of H-pyrrole nitrogens is 1. The molecule has 1 aliphatic rings. The lowest BCUT2D eigenvalue weighted by molar-refractivity contribution is 0.112. The summed E-state index contributed by atoms with van der Waals surface area (Å²) in [6.45, 7) is 0.547. The minimum absolute atomic E-state index is 0.0905. The lowest BCUT2D eigenvalue weighted by atomic mass is 9.83. The summed E-state index contributed by atoms with van der Waals surface area (Å²) in [5.41, 5.74) is 2.40. The summed E-state index contributed by atoms with van der Waals surface area (Å²) in [6.07, 6.45) is 0.636. The minimum atomic E-state index is -1.75. The van der Waals surface area contributed by atoms with Crippen molar-refractivity contribution in [3.63, 3.8) is 0 Å². The Labute approximate surface area is 215 Å². The minimum Gasteiger partial charge on any atom is -0.373 e. The van der Waals surface area contributed by atoms with Gasteiger partial charge in [0.15, 0.2) is 16.2 Å². The maximum atomic E-state index is 13.8. The van der Waals surface area contributed by atoms with Gasteiger partial charge in [-0.3, -0.25) is 9.89 Å². The average Bonchev–Trinajstić information content (AvgIpc) is 3.45. The molecule has 0 aliphatic carbocycles. The number of aromatic nitrogens is 4. The molecule has 0 radical (unpaired) electrons. The van der Waals surface area contributed by atoms with Crippen LogP contribution in [0, 0.1) is 10.6 Å². The molecule has 0 saturated heterocycles. The Morgan fingerprint density at radius 3 is 2.58 bits per heavy atom. The molecule has 180 valence electrons. The molecule has 6 nitrogen and oxygen atoms in total. The van der Waals surface area contributed by atoms with Gasteiger partial charge in [0, 0.05) is 30.1 Å². The van der Waals surface area contributed by atoms with Crippen LogP contribution in [0.5, 0.6) is 0 Å². The van der Waals surface area contributed by atoms with Gasteiger partial charge in [0.2, 0.25) is 0 Å². The first kappa shape index (κ1) is 22.8. The third-order valence-corrected chi connectivity index (χ3v) is 7.51. The molecular formula is C27H20ClFN4O2S. The molecule has 6 rings (SSSR count). The smallest absolute Gasteiger partial charge is 0.251 e. The Hall–Kier alpha value is -3.59. The van der Waals surface area contributed by atoms with Crippen molar-refractivity contribution in [2.75, 3.05) is 0 Å². The number of benzene rings is 3. The van der Waals surface area contributed by atoms with E-state index in [-0.39, 0.29) is 11.4 Å².